The van der Waals surface area contributed by atoms with E-state index in [-0.39, 0.29) is 5.54 Å². The molecule has 0 amide bonds. The fourth-order valence-corrected chi connectivity index (χ4v) is 2.54. The Labute approximate surface area is 112 Å². The summed E-state index contributed by atoms with van der Waals surface area (Å²) in [5.41, 5.74) is 8.73. The molecule has 0 aliphatic heterocycles. The Bertz CT molecular complexity index is 334. The fourth-order valence-electron chi connectivity index (χ4n) is 2.54. The first-order valence-electron chi connectivity index (χ1n) is 7.23. The molecule has 0 aromatic heterocycles. The van der Waals surface area contributed by atoms with Gasteiger partial charge in [0.2, 0.25) is 0 Å². The van der Waals surface area contributed by atoms with Crippen LogP contribution in [0, 0.1) is 0 Å². The van der Waals surface area contributed by atoms with Crippen molar-refractivity contribution in [2.45, 2.75) is 58.5 Å². The zero-order chi connectivity index (χ0) is 13.4. The van der Waals surface area contributed by atoms with E-state index < -0.39 is 0 Å². The Hall–Kier alpha value is -0.860. The summed E-state index contributed by atoms with van der Waals surface area (Å²) >= 11 is 0. The van der Waals surface area contributed by atoms with E-state index in [4.69, 9.17) is 5.73 Å². The highest BCUT2D eigenvalue weighted by molar-refractivity contribution is 5.27. The average molecular weight is 248 g/mol. The molecule has 0 aliphatic rings. The smallest absolute Gasteiger partial charge is 0.0213 e. The highest BCUT2D eigenvalue weighted by atomic mass is 15.0. The summed E-state index contributed by atoms with van der Waals surface area (Å²) < 4.78 is 0. The van der Waals surface area contributed by atoms with Crippen molar-refractivity contribution in [3.63, 3.8) is 0 Å². The summed E-state index contributed by atoms with van der Waals surface area (Å²) in [5.74, 6) is 0. The second kappa shape index (κ2) is 7.55. The largest absolute Gasteiger partial charge is 0.330 e. The molecule has 0 heterocycles. The molecule has 0 spiro atoms. The third-order valence-corrected chi connectivity index (χ3v) is 4.22. The summed E-state index contributed by atoms with van der Waals surface area (Å²) in [4.78, 5) is 0. The van der Waals surface area contributed by atoms with Gasteiger partial charge in [-0.3, -0.25) is 0 Å². The van der Waals surface area contributed by atoms with Gasteiger partial charge in [0.05, 0.1) is 0 Å². The number of nitrogens with two attached hydrogens (primary N) is 1. The minimum absolute atomic E-state index is 0.288. The standard InChI is InChI=1S/C16H28N2/c1-4-16(5-2,6-3)18-13-15-10-8-7-9-14(15)11-12-17/h7-10,18H,4-6,11-13,17H2,1-3H3. The van der Waals surface area contributed by atoms with Crippen LogP contribution >= 0.6 is 0 Å². The molecule has 102 valence electrons. The first-order chi connectivity index (χ1) is 8.71. The van der Waals surface area contributed by atoms with Crippen LogP contribution in [0.5, 0.6) is 0 Å². The van der Waals surface area contributed by atoms with Gasteiger partial charge in [0.15, 0.2) is 0 Å². The van der Waals surface area contributed by atoms with Gasteiger partial charge >= 0.3 is 0 Å². The molecule has 0 radical (unpaired) electrons. The molecule has 3 N–H and O–H groups in total. The van der Waals surface area contributed by atoms with E-state index in [9.17, 15) is 0 Å². The molecule has 0 aliphatic carbocycles. The highest BCUT2D eigenvalue weighted by Crippen LogP contribution is 2.20. The van der Waals surface area contributed by atoms with Crippen LogP contribution in [-0.2, 0) is 13.0 Å². The fraction of sp³-hybridized carbons (Fsp3) is 0.625. The first-order valence-corrected chi connectivity index (χ1v) is 7.23. The Balaban J connectivity index is 2.72. The zero-order valence-corrected chi connectivity index (χ0v) is 12.1. The van der Waals surface area contributed by atoms with Gasteiger partial charge in [-0.1, -0.05) is 45.0 Å². The molecule has 0 saturated carbocycles. The lowest BCUT2D eigenvalue weighted by Gasteiger charge is -2.32. The van der Waals surface area contributed by atoms with Crippen molar-refractivity contribution in [3.05, 3.63) is 35.4 Å². The molecule has 18 heavy (non-hydrogen) atoms. The Kier molecular flexibility index (Phi) is 6.37. The topological polar surface area (TPSA) is 38.0 Å². The molecule has 1 aromatic rings. The Morgan fingerprint density at radius 3 is 2.06 bits per heavy atom. The van der Waals surface area contributed by atoms with E-state index in [0.717, 1.165) is 19.5 Å². The van der Waals surface area contributed by atoms with Crippen LogP contribution in [0.15, 0.2) is 24.3 Å². The monoisotopic (exact) mass is 248 g/mol. The molecule has 0 atom stereocenters. The van der Waals surface area contributed by atoms with Crippen LogP contribution in [0.25, 0.3) is 0 Å². The lowest BCUT2D eigenvalue weighted by molar-refractivity contribution is 0.288. The van der Waals surface area contributed by atoms with Gasteiger partial charge in [0.25, 0.3) is 0 Å². The van der Waals surface area contributed by atoms with E-state index in [2.05, 4.69) is 50.4 Å². The molecule has 0 saturated heterocycles. The van der Waals surface area contributed by atoms with Crippen LogP contribution in [0.2, 0.25) is 0 Å². The van der Waals surface area contributed by atoms with Crippen LogP contribution in [0.1, 0.15) is 51.2 Å². The third-order valence-electron chi connectivity index (χ3n) is 4.22. The Morgan fingerprint density at radius 2 is 1.56 bits per heavy atom. The van der Waals surface area contributed by atoms with Crippen molar-refractivity contribution in [1.82, 2.24) is 5.32 Å². The van der Waals surface area contributed by atoms with Gasteiger partial charge in [-0.05, 0) is 43.4 Å². The predicted octanol–water partition coefficient (Wildman–Crippen LogP) is 3.25. The third kappa shape index (κ3) is 3.82. The summed E-state index contributed by atoms with van der Waals surface area (Å²) in [6, 6.07) is 8.61. The first kappa shape index (κ1) is 15.2. The molecule has 0 unspecified atom stereocenters. The number of benzene rings is 1. The van der Waals surface area contributed by atoms with E-state index in [1.165, 1.54) is 30.4 Å². The normalized spacial score (nSPS) is 11.8. The number of hydrogen-bond acceptors (Lipinski definition) is 2. The van der Waals surface area contributed by atoms with Crippen LogP contribution in [0.4, 0.5) is 0 Å². The molecule has 1 aromatic carbocycles. The van der Waals surface area contributed by atoms with E-state index in [1.54, 1.807) is 0 Å². The van der Waals surface area contributed by atoms with Crippen molar-refractivity contribution < 1.29 is 0 Å². The molecule has 1 rings (SSSR count). The van der Waals surface area contributed by atoms with Crippen molar-refractivity contribution in [2.75, 3.05) is 6.54 Å². The van der Waals surface area contributed by atoms with Gasteiger partial charge < -0.3 is 11.1 Å². The van der Waals surface area contributed by atoms with Crippen LogP contribution < -0.4 is 11.1 Å². The van der Waals surface area contributed by atoms with Gasteiger partial charge in [0.1, 0.15) is 0 Å². The van der Waals surface area contributed by atoms with Crippen molar-refractivity contribution >= 4 is 0 Å². The average Bonchev–Trinajstić information content (AvgIpc) is 2.43. The minimum atomic E-state index is 0.288. The maximum Gasteiger partial charge on any atom is 0.0213 e. The van der Waals surface area contributed by atoms with E-state index in [0.29, 0.717) is 0 Å². The SMILES string of the molecule is CCC(CC)(CC)NCc1ccccc1CCN. The van der Waals surface area contributed by atoms with Gasteiger partial charge in [0, 0.05) is 12.1 Å². The highest BCUT2D eigenvalue weighted by Gasteiger charge is 2.22. The van der Waals surface area contributed by atoms with Crippen molar-refractivity contribution in [3.8, 4) is 0 Å². The van der Waals surface area contributed by atoms with Gasteiger partial charge in [-0.25, -0.2) is 0 Å². The molecular weight excluding hydrogens is 220 g/mol. The number of nitrogens with one attached hydrogen (secondary N) is 1. The molecule has 2 nitrogen and oxygen atoms in total. The maximum atomic E-state index is 5.67. The summed E-state index contributed by atoms with van der Waals surface area (Å²) in [5, 5.41) is 3.76. The van der Waals surface area contributed by atoms with Crippen LogP contribution in [0.3, 0.4) is 0 Å². The second-order valence-electron chi connectivity index (χ2n) is 5.00. The van der Waals surface area contributed by atoms with E-state index in [1.807, 2.05) is 0 Å². The predicted molar refractivity (Wildman–Crippen MR) is 79.6 cm³/mol. The number of hydrogen-bond donors (Lipinski definition) is 2. The number of rotatable bonds is 8. The van der Waals surface area contributed by atoms with Crippen molar-refractivity contribution in [2.24, 2.45) is 5.73 Å². The minimum Gasteiger partial charge on any atom is -0.330 e. The Morgan fingerprint density at radius 1 is 1.00 bits per heavy atom. The lowest BCUT2D eigenvalue weighted by Crippen LogP contribution is -2.43. The zero-order valence-electron chi connectivity index (χ0n) is 12.1. The second-order valence-corrected chi connectivity index (χ2v) is 5.00. The molecule has 0 fully saturated rings. The summed E-state index contributed by atoms with van der Waals surface area (Å²) in [6.45, 7) is 8.48. The van der Waals surface area contributed by atoms with E-state index >= 15 is 0 Å². The lowest BCUT2D eigenvalue weighted by atomic mass is 9.89. The maximum absolute atomic E-state index is 5.67. The molecule has 2 heteroatoms. The van der Waals surface area contributed by atoms with Crippen LogP contribution in [-0.4, -0.2) is 12.1 Å². The summed E-state index contributed by atoms with van der Waals surface area (Å²) in [6.07, 6.45) is 4.51. The molecule has 0 bridgehead atoms. The van der Waals surface area contributed by atoms with Crippen molar-refractivity contribution in [1.29, 1.82) is 0 Å². The summed E-state index contributed by atoms with van der Waals surface area (Å²) in [7, 11) is 0. The van der Waals surface area contributed by atoms with Gasteiger partial charge in [-0.15, -0.1) is 0 Å². The quantitative estimate of drug-likeness (QED) is 0.741. The molecular formula is C16H28N2. The van der Waals surface area contributed by atoms with Gasteiger partial charge in [-0.2, -0.15) is 0 Å².